The Balaban J connectivity index is 1.90. The van der Waals surface area contributed by atoms with Crippen LogP contribution in [0.2, 0.25) is 0 Å². The summed E-state index contributed by atoms with van der Waals surface area (Å²) in [5.41, 5.74) is 4.05. The number of carbonyl (C=O) groups is 1. The molecule has 0 radical (unpaired) electrons. The van der Waals surface area contributed by atoms with Crippen LogP contribution in [0.25, 0.3) is 0 Å². The molecule has 4 nitrogen and oxygen atoms in total. The minimum Gasteiger partial charge on any atom is -0.378 e. The van der Waals surface area contributed by atoms with Gasteiger partial charge in [-0.1, -0.05) is 48.5 Å². The minimum absolute atomic E-state index is 0.0789. The summed E-state index contributed by atoms with van der Waals surface area (Å²) in [7, 11) is 0. The second-order valence-electron chi connectivity index (χ2n) is 6.51. The van der Waals surface area contributed by atoms with Gasteiger partial charge in [-0.2, -0.15) is 0 Å². The van der Waals surface area contributed by atoms with E-state index in [9.17, 15) is 9.18 Å². The van der Waals surface area contributed by atoms with Crippen molar-refractivity contribution in [2.24, 2.45) is 4.99 Å². The zero-order valence-electron chi connectivity index (χ0n) is 14.9. The van der Waals surface area contributed by atoms with Crippen LogP contribution in [0.15, 0.2) is 83.5 Å². The molecule has 0 bridgehead atoms. The van der Waals surface area contributed by atoms with Crippen molar-refractivity contribution in [1.29, 1.82) is 0 Å². The fourth-order valence-corrected chi connectivity index (χ4v) is 3.68. The van der Waals surface area contributed by atoms with E-state index < -0.39 is 0 Å². The highest BCUT2D eigenvalue weighted by atomic mass is 19.1. The van der Waals surface area contributed by atoms with E-state index in [4.69, 9.17) is 4.99 Å². The molecule has 2 aliphatic rings. The van der Waals surface area contributed by atoms with Crippen LogP contribution in [-0.4, -0.2) is 36.2 Å². The zero-order chi connectivity index (χ0) is 18.8. The predicted molar refractivity (Wildman–Crippen MR) is 104 cm³/mol. The van der Waals surface area contributed by atoms with Crippen molar-refractivity contribution in [3.8, 4) is 0 Å². The molecule has 2 aromatic rings. The van der Waals surface area contributed by atoms with Crippen molar-refractivity contribution in [3.63, 3.8) is 0 Å². The SMILES string of the molecule is C=CCN1C(=O)C2=C(C(c3ccccc3)=NCCN2)C1c1ccc(F)cc1. The van der Waals surface area contributed by atoms with Crippen LogP contribution in [0.5, 0.6) is 0 Å². The number of aliphatic imine (C=N–C) groups is 1. The van der Waals surface area contributed by atoms with Gasteiger partial charge in [0.25, 0.3) is 5.91 Å². The van der Waals surface area contributed by atoms with Gasteiger partial charge in [0.2, 0.25) is 0 Å². The Morgan fingerprint density at radius 1 is 1.19 bits per heavy atom. The highest BCUT2D eigenvalue weighted by molar-refractivity contribution is 6.19. The topological polar surface area (TPSA) is 44.7 Å². The summed E-state index contributed by atoms with van der Waals surface area (Å²) < 4.78 is 13.5. The summed E-state index contributed by atoms with van der Waals surface area (Å²) in [6.07, 6.45) is 1.71. The van der Waals surface area contributed by atoms with Gasteiger partial charge in [0.15, 0.2) is 0 Å². The molecule has 2 heterocycles. The van der Waals surface area contributed by atoms with Crippen LogP contribution in [0.1, 0.15) is 17.2 Å². The number of rotatable bonds is 4. The first kappa shape index (κ1) is 17.2. The van der Waals surface area contributed by atoms with E-state index in [-0.39, 0.29) is 17.8 Å². The molecular weight excluding hydrogens is 341 g/mol. The lowest BCUT2D eigenvalue weighted by atomic mass is 9.91. The van der Waals surface area contributed by atoms with E-state index in [1.165, 1.54) is 12.1 Å². The van der Waals surface area contributed by atoms with Gasteiger partial charge in [-0.05, 0) is 17.7 Å². The first-order valence-electron chi connectivity index (χ1n) is 8.96. The molecule has 1 atom stereocenters. The number of halogens is 1. The van der Waals surface area contributed by atoms with Gasteiger partial charge < -0.3 is 10.2 Å². The molecule has 1 amide bonds. The molecule has 0 saturated carbocycles. The van der Waals surface area contributed by atoms with Gasteiger partial charge in [-0.15, -0.1) is 6.58 Å². The maximum atomic E-state index is 13.5. The normalized spacial score (nSPS) is 19.3. The first-order valence-corrected chi connectivity index (χ1v) is 8.96. The Morgan fingerprint density at radius 3 is 2.63 bits per heavy atom. The van der Waals surface area contributed by atoms with Crippen molar-refractivity contribution in [1.82, 2.24) is 10.2 Å². The number of hydrogen-bond donors (Lipinski definition) is 1. The third-order valence-electron chi connectivity index (χ3n) is 4.83. The molecule has 1 unspecified atom stereocenters. The molecular formula is C22H20FN3O. The second-order valence-corrected chi connectivity index (χ2v) is 6.51. The van der Waals surface area contributed by atoms with Crippen molar-refractivity contribution >= 4 is 11.6 Å². The van der Waals surface area contributed by atoms with Crippen LogP contribution in [0, 0.1) is 5.82 Å². The summed E-state index contributed by atoms with van der Waals surface area (Å²) in [5, 5.41) is 3.26. The van der Waals surface area contributed by atoms with E-state index in [0.29, 0.717) is 25.3 Å². The number of hydrogen-bond acceptors (Lipinski definition) is 3. The number of carbonyl (C=O) groups excluding carboxylic acids is 1. The Hall–Kier alpha value is -3.21. The van der Waals surface area contributed by atoms with Crippen LogP contribution < -0.4 is 5.32 Å². The lowest BCUT2D eigenvalue weighted by molar-refractivity contribution is -0.126. The van der Waals surface area contributed by atoms with E-state index in [1.54, 1.807) is 23.1 Å². The van der Waals surface area contributed by atoms with E-state index >= 15 is 0 Å². The molecule has 0 fully saturated rings. The Labute approximate surface area is 157 Å². The number of nitrogens with one attached hydrogen (secondary N) is 1. The molecule has 2 aromatic carbocycles. The van der Waals surface area contributed by atoms with E-state index in [2.05, 4.69) is 11.9 Å². The summed E-state index contributed by atoms with van der Waals surface area (Å²) >= 11 is 0. The second kappa shape index (κ2) is 7.19. The van der Waals surface area contributed by atoms with Gasteiger partial charge in [-0.25, -0.2) is 4.39 Å². The molecule has 5 heteroatoms. The summed E-state index contributed by atoms with van der Waals surface area (Å²) in [4.78, 5) is 19.7. The fraction of sp³-hybridized carbons (Fsp3) is 0.182. The molecule has 136 valence electrons. The van der Waals surface area contributed by atoms with Crippen molar-refractivity contribution in [3.05, 3.63) is 95.5 Å². The number of benzene rings is 2. The van der Waals surface area contributed by atoms with Gasteiger partial charge in [0.05, 0.1) is 18.3 Å². The molecule has 0 aromatic heterocycles. The third-order valence-corrected chi connectivity index (χ3v) is 4.83. The summed E-state index contributed by atoms with van der Waals surface area (Å²) in [5.74, 6) is -0.381. The number of amides is 1. The van der Waals surface area contributed by atoms with Crippen LogP contribution in [0.4, 0.5) is 4.39 Å². The highest BCUT2D eigenvalue weighted by Gasteiger charge is 2.42. The third kappa shape index (κ3) is 3.05. The molecule has 0 saturated heterocycles. The highest BCUT2D eigenvalue weighted by Crippen LogP contribution is 2.39. The van der Waals surface area contributed by atoms with Crippen molar-refractivity contribution < 1.29 is 9.18 Å². The Kier molecular flexibility index (Phi) is 4.59. The first-order chi connectivity index (χ1) is 13.2. The van der Waals surface area contributed by atoms with Crippen LogP contribution >= 0.6 is 0 Å². The fourth-order valence-electron chi connectivity index (χ4n) is 3.68. The van der Waals surface area contributed by atoms with Crippen molar-refractivity contribution in [2.75, 3.05) is 19.6 Å². The maximum absolute atomic E-state index is 13.5. The van der Waals surface area contributed by atoms with Gasteiger partial charge in [0, 0.05) is 24.2 Å². The van der Waals surface area contributed by atoms with Crippen molar-refractivity contribution in [2.45, 2.75) is 6.04 Å². The van der Waals surface area contributed by atoms with E-state index in [1.807, 2.05) is 30.3 Å². The standard InChI is InChI=1S/C22H20FN3O/c1-2-14-26-21(16-8-10-17(23)11-9-16)18-19(15-6-4-3-5-7-15)24-12-13-25-20(18)22(26)27/h2-11,21,25H,1,12-14H2. The predicted octanol–water partition coefficient (Wildman–Crippen LogP) is 3.24. The molecule has 0 spiro atoms. The Bertz CT molecular complexity index is 932. The quantitative estimate of drug-likeness (QED) is 0.850. The van der Waals surface area contributed by atoms with Gasteiger partial charge >= 0.3 is 0 Å². The summed E-state index contributed by atoms with van der Waals surface area (Å²) in [6, 6.07) is 15.8. The van der Waals surface area contributed by atoms with Crippen LogP contribution in [0.3, 0.4) is 0 Å². The Morgan fingerprint density at radius 2 is 1.93 bits per heavy atom. The molecule has 4 rings (SSSR count). The number of nitrogens with zero attached hydrogens (tertiary/aromatic N) is 2. The molecule has 0 aliphatic carbocycles. The lowest BCUT2D eigenvalue weighted by Crippen LogP contribution is -2.33. The molecule has 27 heavy (non-hydrogen) atoms. The molecule has 2 aliphatic heterocycles. The molecule has 1 N–H and O–H groups in total. The minimum atomic E-state index is -0.337. The van der Waals surface area contributed by atoms with E-state index in [0.717, 1.165) is 22.4 Å². The van der Waals surface area contributed by atoms with Gasteiger partial charge in [-0.3, -0.25) is 9.79 Å². The summed E-state index contributed by atoms with van der Waals surface area (Å²) in [6.45, 7) is 5.37. The average molecular weight is 361 g/mol. The monoisotopic (exact) mass is 361 g/mol. The largest absolute Gasteiger partial charge is 0.378 e. The maximum Gasteiger partial charge on any atom is 0.271 e. The average Bonchev–Trinajstić information content (AvgIpc) is 2.85. The zero-order valence-corrected chi connectivity index (χ0v) is 14.9. The van der Waals surface area contributed by atoms with Crippen LogP contribution in [-0.2, 0) is 4.79 Å². The lowest BCUT2D eigenvalue weighted by Gasteiger charge is -2.27. The smallest absolute Gasteiger partial charge is 0.271 e. The van der Waals surface area contributed by atoms with Gasteiger partial charge in [0.1, 0.15) is 11.5 Å².